The maximum Gasteiger partial charge on any atom is 0.255 e. The Kier molecular flexibility index (Phi) is 5.72. The van der Waals surface area contributed by atoms with Gasteiger partial charge in [0, 0.05) is 31.0 Å². The molecular formula is C13H21N3O3. The molecule has 6 nitrogen and oxygen atoms in total. The fraction of sp³-hybridized carbons (Fsp3) is 0.538. The number of hydrogen-bond acceptors (Lipinski definition) is 4. The Bertz CT molecular complexity index is 496. The zero-order chi connectivity index (χ0) is 14.4. The zero-order valence-electron chi connectivity index (χ0n) is 11.6. The van der Waals surface area contributed by atoms with Crippen molar-refractivity contribution >= 4 is 5.91 Å². The van der Waals surface area contributed by atoms with Crippen molar-refractivity contribution in [2.24, 2.45) is 5.73 Å². The summed E-state index contributed by atoms with van der Waals surface area (Å²) in [6, 6.07) is 3.39. The highest BCUT2D eigenvalue weighted by molar-refractivity contribution is 5.76. The van der Waals surface area contributed by atoms with E-state index in [9.17, 15) is 9.59 Å². The van der Waals surface area contributed by atoms with E-state index in [-0.39, 0.29) is 30.6 Å². The first kappa shape index (κ1) is 15.4. The monoisotopic (exact) mass is 267 g/mol. The van der Waals surface area contributed by atoms with Gasteiger partial charge in [-0.05, 0) is 19.9 Å². The fourth-order valence-corrected chi connectivity index (χ4v) is 1.82. The summed E-state index contributed by atoms with van der Waals surface area (Å²) >= 11 is 0. The molecule has 0 saturated carbocycles. The summed E-state index contributed by atoms with van der Waals surface area (Å²) in [6.45, 7) is 4.22. The maximum absolute atomic E-state index is 12.0. The molecule has 0 saturated heterocycles. The average Bonchev–Trinajstić information content (AvgIpc) is 2.35. The number of nitrogens with zero attached hydrogens (tertiary/aromatic N) is 1. The van der Waals surface area contributed by atoms with Crippen LogP contribution < -0.4 is 16.6 Å². The largest absolute Gasteiger partial charge is 0.383 e. The number of carbonyl (C=O) groups is 1. The van der Waals surface area contributed by atoms with Crippen molar-refractivity contribution in [3.05, 3.63) is 33.7 Å². The molecule has 0 bridgehead atoms. The first-order valence-corrected chi connectivity index (χ1v) is 6.17. The molecule has 1 heterocycles. The Morgan fingerprint density at radius 1 is 1.53 bits per heavy atom. The van der Waals surface area contributed by atoms with Gasteiger partial charge in [-0.25, -0.2) is 0 Å². The average molecular weight is 267 g/mol. The molecule has 0 fully saturated rings. The summed E-state index contributed by atoms with van der Waals surface area (Å²) in [5.74, 6) is -0.219. The minimum Gasteiger partial charge on any atom is -0.383 e. The molecule has 6 heteroatoms. The van der Waals surface area contributed by atoms with Crippen LogP contribution in [0.25, 0.3) is 0 Å². The van der Waals surface area contributed by atoms with Crippen molar-refractivity contribution in [1.82, 2.24) is 9.88 Å². The standard InChI is InChI=1S/C13H21N3O3/c1-9(8-19-3)15-12(17)7-16-10(2)4-5-11(6-14)13(16)18/h4-5,9H,6-8,14H2,1-3H3,(H,15,17). The highest BCUT2D eigenvalue weighted by Crippen LogP contribution is 1.98. The molecule has 1 aromatic heterocycles. The van der Waals surface area contributed by atoms with Crippen LogP contribution in [0.2, 0.25) is 0 Å². The van der Waals surface area contributed by atoms with Crippen molar-refractivity contribution in [3.63, 3.8) is 0 Å². The quantitative estimate of drug-likeness (QED) is 0.745. The predicted octanol–water partition coefficient (Wildman–Crippen LogP) is -0.233. The topological polar surface area (TPSA) is 86.3 Å². The SMILES string of the molecule is COCC(C)NC(=O)Cn1c(C)ccc(CN)c1=O. The van der Waals surface area contributed by atoms with Gasteiger partial charge in [0.25, 0.3) is 5.56 Å². The van der Waals surface area contributed by atoms with Crippen LogP contribution in [0.15, 0.2) is 16.9 Å². The van der Waals surface area contributed by atoms with Gasteiger partial charge in [0.2, 0.25) is 5.91 Å². The van der Waals surface area contributed by atoms with Gasteiger partial charge >= 0.3 is 0 Å². The molecule has 1 unspecified atom stereocenters. The number of carbonyl (C=O) groups excluding carboxylic acids is 1. The third-order valence-corrected chi connectivity index (χ3v) is 2.82. The molecule has 1 amide bonds. The van der Waals surface area contributed by atoms with Gasteiger partial charge in [-0.2, -0.15) is 0 Å². The van der Waals surface area contributed by atoms with Crippen LogP contribution in [0.1, 0.15) is 18.2 Å². The number of hydrogen-bond donors (Lipinski definition) is 2. The van der Waals surface area contributed by atoms with Crippen LogP contribution in [0.4, 0.5) is 0 Å². The molecule has 0 aromatic carbocycles. The molecule has 1 atom stereocenters. The minimum absolute atomic E-state index is 0.00738. The third kappa shape index (κ3) is 4.18. The van der Waals surface area contributed by atoms with Gasteiger partial charge in [0.15, 0.2) is 0 Å². The number of ether oxygens (including phenoxy) is 1. The van der Waals surface area contributed by atoms with Crippen molar-refractivity contribution in [2.75, 3.05) is 13.7 Å². The lowest BCUT2D eigenvalue weighted by Crippen LogP contribution is -2.40. The van der Waals surface area contributed by atoms with E-state index in [0.29, 0.717) is 12.2 Å². The molecule has 106 valence electrons. The number of rotatable bonds is 6. The van der Waals surface area contributed by atoms with Gasteiger partial charge < -0.3 is 20.4 Å². The summed E-state index contributed by atoms with van der Waals surface area (Å²) in [7, 11) is 1.57. The van der Waals surface area contributed by atoms with Gasteiger partial charge in [0.05, 0.1) is 6.61 Å². The Balaban J connectivity index is 2.82. The van der Waals surface area contributed by atoms with E-state index >= 15 is 0 Å². The van der Waals surface area contributed by atoms with Crippen LogP contribution >= 0.6 is 0 Å². The van der Waals surface area contributed by atoms with E-state index < -0.39 is 0 Å². The molecule has 0 aliphatic carbocycles. The minimum atomic E-state index is -0.219. The number of methoxy groups -OCH3 is 1. The van der Waals surface area contributed by atoms with E-state index in [4.69, 9.17) is 10.5 Å². The highest BCUT2D eigenvalue weighted by Gasteiger charge is 2.11. The van der Waals surface area contributed by atoms with Gasteiger partial charge in [-0.15, -0.1) is 0 Å². The van der Waals surface area contributed by atoms with E-state index in [1.54, 1.807) is 26.2 Å². The molecule has 1 aromatic rings. The predicted molar refractivity (Wildman–Crippen MR) is 72.8 cm³/mol. The van der Waals surface area contributed by atoms with Crippen LogP contribution in [0.5, 0.6) is 0 Å². The molecule has 0 spiro atoms. The molecule has 0 aliphatic rings. The third-order valence-electron chi connectivity index (χ3n) is 2.82. The Labute approximate surface area is 112 Å². The van der Waals surface area contributed by atoms with Crippen LogP contribution in [-0.2, 0) is 22.6 Å². The van der Waals surface area contributed by atoms with E-state index in [1.165, 1.54) is 4.57 Å². The maximum atomic E-state index is 12.0. The molecular weight excluding hydrogens is 246 g/mol. The number of nitrogens with two attached hydrogens (primary N) is 1. The number of nitrogens with one attached hydrogen (secondary N) is 1. The van der Waals surface area contributed by atoms with Crippen molar-refractivity contribution in [2.45, 2.75) is 33.0 Å². The van der Waals surface area contributed by atoms with E-state index in [1.807, 2.05) is 6.92 Å². The van der Waals surface area contributed by atoms with Crippen molar-refractivity contribution in [1.29, 1.82) is 0 Å². The van der Waals surface area contributed by atoms with E-state index in [2.05, 4.69) is 5.32 Å². The summed E-state index contributed by atoms with van der Waals surface area (Å²) < 4.78 is 6.37. The van der Waals surface area contributed by atoms with Crippen LogP contribution in [-0.4, -0.2) is 30.2 Å². The van der Waals surface area contributed by atoms with Gasteiger partial charge in [-0.1, -0.05) is 6.07 Å². The Hall–Kier alpha value is -1.66. The number of aromatic nitrogens is 1. The first-order valence-electron chi connectivity index (χ1n) is 6.17. The molecule has 3 N–H and O–H groups in total. The second-order valence-corrected chi connectivity index (χ2v) is 4.52. The van der Waals surface area contributed by atoms with Crippen LogP contribution in [0, 0.1) is 6.92 Å². The molecule has 0 aliphatic heterocycles. The van der Waals surface area contributed by atoms with Gasteiger partial charge in [0.1, 0.15) is 6.54 Å². The first-order chi connectivity index (χ1) is 8.99. The summed E-state index contributed by atoms with van der Waals surface area (Å²) in [6.07, 6.45) is 0. The zero-order valence-corrected chi connectivity index (χ0v) is 11.6. The highest BCUT2D eigenvalue weighted by atomic mass is 16.5. The Morgan fingerprint density at radius 2 is 2.21 bits per heavy atom. The molecule has 0 radical (unpaired) electrons. The fourth-order valence-electron chi connectivity index (χ4n) is 1.82. The normalized spacial score (nSPS) is 12.2. The lowest BCUT2D eigenvalue weighted by molar-refractivity contribution is -0.122. The second-order valence-electron chi connectivity index (χ2n) is 4.52. The lowest BCUT2D eigenvalue weighted by atomic mass is 10.2. The summed E-state index contributed by atoms with van der Waals surface area (Å²) in [4.78, 5) is 23.9. The number of amides is 1. The van der Waals surface area contributed by atoms with E-state index in [0.717, 1.165) is 5.69 Å². The smallest absolute Gasteiger partial charge is 0.255 e. The summed E-state index contributed by atoms with van der Waals surface area (Å²) in [5, 5.41) is 2.77. The number of pyridine rings is 1. The van der Waals surface area contributed by atoms with Crippen molar-refractivity contribution < 1.29 is 9.53 Å². The van der Waals surface area contributed by atoms with Crippen LogP contribution in [0.3, 0.4) is 0 Å². The van der Waals surface area contributed by atoms with Gasteiger partial charge in [-0.3, -0.25) is 9.59 Å². The number of aryl methyl sites for hydroxylation is 1. The molecule has 1 rings (SSSR count). The summed E-state index contributed by atoms with van der Waals surface area (Å²) in [5.41, 5.74) is 6.52. The Morgan fingerprint density at radius 3 is 2.79 bits per heavy atom. The lowest BCUT2D eigenvalue weighted by Gasteiger charge is -2.15. The molecule has 19 heavy (non-hydrogen) atoms. The van der Waals surface area contributed by atoms with Crippen molar-refractivity contribution in [3.8, 4) is 0 Å². The second kappa shape index (κ2) is 7.06.